The van der Waals surface area contributed by atoms with Gasteiger partial charge in [0.1, 0.15) is 11.6 Å². The van der Waals surface area contributed by atoms with Gasteiger partial charge in [-0.05, 0) is 63.6 Å². The minimum absolute atomic E-state index is 0.135. The second kappa shape index (κ2) is 9.65. The molecular weight excluding hydrogens is 414 g/mol. The molecule has 30 heavy (non-hydrogen) atoms. The molecule has 0 unspecified atom stereocenters. The largest absolute Gasteiger partial charge is 0.437 e. The molecule has 7 nitrogen and oxygen atoms in total. The maximum atomic E-state index is 13.2. The lowest BCUT2D eigenvalue weighted by molar-refractivity contribution is 0.336. The minimum atomic E-state index is -3.23. The summed E-state index contributed by atoms with van der Waals surface area (Å²) in [5.41, 5.74) is 0. The summed E-state index contributed by atoms with van der Waals surface area (Å²) in [6, 6.07) is 6.79. The third-order valence-electron chi connectivity index (χ3n) is 5.15. The Kier molecular flexibility index (Phi) is 7.19. The summed E-state index contributed by atoms with van der Waals surface area (Å²) in [5.74, 6) is -0.708. The van der Waals surface area contributed by atoms with Crippen molar-refractivity contribution in [1.82, 2.24) is 14.9 Å². The second-order valence-electron chi connectivity index (χ2n) is 7.74. The molecule has 1 aliphatic carbocycles. The zero-order valence-electron chi connectivity index (χ0n) is 16.9. The molecule has 0 aliphatic heterocycles. The van der Waals surface area contributed by atoms with Crippen LogP contribution in [0.15, 0.2) is 30.3 Å². The van der Waals surface area contributed by atoms with E-state index >= 15 is 0 Å². The molecule has 1 saturated carbocycles. The molecule has 10 heteroatoms. The van der Waals surface area contributed by atoms with Crippen molar-refractivity contribution >= 4 is 15.8 Å². The lowest BCUT2D eigenvalue weighted by atomic mass is 9.86. The van der Waals surface area contributed by atoms with Crippen molar-refractivity contribution in [3.63, 3.8) is 0 Å². The first-order valence-electron chi connectivity index (χ1n) is 9.94. The fourth-order valence-corrected chi connectivity index (χ4v) is 4.03. The van der Waals surface area contributed by atoms with E-state index < -0.39 is 26.9 Å². The van der Waals surface area contributed by atoms with E-state index in [0.29, 0.717) is 18.3 Å². The van der Waals surface area contributed by atoms with E-state index in [-0.39, 0.29) is 17.7 Å². The summed E-state index contributed by atoms with van der Waals surface area (Å²) in [4.78, 5) is 0. The zero-order valence-corrected chi connectivity index (χ0v) is 17.8. The molecule has 1 aromatic carbocycles. The fourth-order valence-electron chi connectivity index (χ4n) is 3.23. The van der Waals surface area contributed by atoms with Crippen LogP contribution in [0.3, 0.4) is 0 Å². The van der Waals surface area contributed by atoms with E-state index in [1.165, 1.54) is 6.07 Å². The van der Waals surface area contributed by atoms with Gasteiger partial charge in [-0.3, -0.25) is 0 Å². The van der Waals surface area contributed by atoms with Crippen LogP contribution in [0.5, 0.6) is 11.6 Å². The predicted molar refractivity (Wildman–Crippen MR) is 110 cm³/mol. The Balaban J connectivity index is 1.45. The fraction of sp³-hybridized carbons (Fsp3) is 0.500. The number of sulfonamides is 1. The summed E-state index contributed by atoms with van der Waals surface area (Å²) in [6.45, 7) is 3.81. The Morgan fingerprint density at radius 1 is 1.07 bits per heavy atom. The number of ether oxygens (including phenoxy) is 1. The van der Waals surface area contributed by atoms with Crippen LogP contribution in [0, 0.1) is 17.6 Å². The normalized spacial score (nSPS) is 19.6. The van der Waals surface area contributed by atoms with Crippen molar-refractivity contribution < 1.29 is 21.9 Å². The highest BCUT2D eigenvalue weighted by Gasteiger charge is 2.24. The highest BCUT2D eigenvalue weighted by molar-refractivity contribution is 7.90. The van der Waals surface area contributed by atoms with E-state index in [2.05, 4.69) is 20.2 Å². The van der Waals surface area contributed by atoms with Gasteiger partial charge >= 0.3 is 0 Å². The Morgan fingerprint density at radius 3 is 2.40 bits per heavy atom. The summed E-state index contributed by atoms with van der Waals surface area (Å²) in [6.07, 6.45) is 3.65. The maximum absolute atomic E-state index is 13.2. The van der Waals surface area contributed by atoms with Gasteiger partial charge in [-0.1, -0.05) is 0 Å². The van der Waals surface area contributed by atoms with Crippen LogP contribution < -0.4 is 14.8 Å². The molecule has 0 radical (unpaired) electrons. The molecule has 1 aliphatic rings. The summed E-state index contributed by atoms with van der Waals surface area (Å²) < 4.78 is 58.0. The number of aromatic nitrogens is 2. The lowest BCUT2D eigenvalue weighted by Crippen LogP contribution is -2.37. The first kappa shape index (κ1) is 22.4. The molecule has 0 amide bonds. The number of nitrogens with one attached hydrogen (secondary N) is 2. The van der Waals surface area contributed by atoms with Crippen molar-refractivity contribution in [2.75, 3.05) is 11.9 Å². The van der Waals surface area contributed by atoms with Gasteiger partial charge in [-0.25, -0.2) is 21.9 Å². The average molecular weight is 441 g/mol. The van der Waals surface area contributed by atoms with E-state index in [1.54, 1.807) is 26.0 Å². The SMILES string of the molecule is CC(C)S(=O)(=O)NCC1CCC(Nc2ccc(Oc3ccc(F)c(F)c3)nn2)CC1. The molecule has 1 aromatic heterocycles. The summed E-state index contributed by atoms with van der Waals surface area (Å²) in [7, 11) is -3.23. The molecular formula is C20H26F2N4O3S. The number of hydrogen-bond donors (Lipinski definition) is 2. The predicted octanol–water partition coefficient (Wildman–Crippen LogP) is 3.85. The van der Waals surface area contributed by atoms with Gasteiger partial charge in [0.05, 0.1) is 5.25 Å². The van der Waals surface area contributed by atoms with E-state index in [1.807, 2.05) is 0 Å². The van der Waals surface area contributed by atoms with Gasteiger partial charge in [-0.15, -0.1) is 10.2 Å². The van der Waals surface area contributed by atoms with Crippen molar-refractivity contribution in [2.24, 2.45) is 5.92 Å². The molecule has 0 bridgehead atoms. The van der Waals surface area contributed by atoms with Gasteiger partial charge in [0.25, 0.3) is 0 Å². The van der Waals surface area contributed by atoms with E-state index in [0.717, 1.165) is 37.8 Å². The van der Waals surface area contributed by atoms with Crippen LogP contribution in [0.1, 0.15) is 39.5 Å². The van der Waals surface area contributed by atoms with Crippen LogP contribution in [-0.2, 0) is 10.0 Å². The van der Waals surface area contributed by atoms with Gasteiger partial charge in [-0.2, -0.15) is 0 Å². The first-order valence-corrected chi connectivity index (χ1v) is 11.5. The maximum Gasteiger partial charge on any atom is 0.238 e. The number of benzene rings is 1. The van der Waals surface area contributed by atoms with Crippen LogP contribution in [0.2, 0.25) is 0 Å². The van der Waals surface area contributed by atoms with Crippen LogP contribution in [0.25, 0.3) is 0 Å². The zero-order chi connectivity index (χ0) is 21.7. The van der Waals surface area contributed by atoms with Crippen LogP contribution in [-0.4, -0.2) is 36.5 Å². The molecule has 1 fully saturated rings. The number of nitrogens with zero attached hydrogens (tertiary/aromatic N) is 2. The van der Waals surface area contributed by atoms with Crippen molar-refractivity contribution in [3.8, 4) is 11.6 Å². The number of rotatable bonds is 8. The number of anilines is 1. The van der Waals surface area contributed by atoms with Crippen LogP contribution in [0.4, 0.5) is 14.6 Å². The van der Waals surface area contributed by atoms with E-state index in [4.69, 9.17) is 4.74 Å². The van der Waals surface area contributed by atoms with E-state index in [9.17, 15) is 17.2 Å². The topological polar surface area (TPSA) is 93.2 Å². The minimum Gasteiger partial charge on any atom is -0.437 e. The molecule has 3 rings (SSSR count). The van der Waals surface area contributed by atoms with Crippen molar-refractivity contribution in [3.05, 3.63) is 42.0 Å². The first-order chi connectivity index (χ1) is 14.2. The molecule has 0 atom stereocenters. The Morgan fingerprint density at radius 2 is 1.80 bits per heavy atom. The third-order valence-corrected chi connectivity index (χ3v) is 6.96. The third kappa shape index (κ3) is 6.09. The Hall–Kier alpha value is -2.33. The molecule has 0 spiro atoms. The van der Waals surface area contributed by atoms with Gasteiger partial charge in [0.15, 0.2) is 11.6 Å². The Labute approximate surface area is 175 Å². The molecule has 1 heterocycles. The van der Waals surface area contributed by atoms with Gasteiger partial charge in [0, 0.05) is 24.7 Å². The quantitative estimate of drug-likeness (QED) is 0.648. The van der Waals surface area contributed by atoms with Gasteiger partial charge < -0.3 is 10.1 Å². The standard InChI is InChI=1S/C20H26F2N4O3S/c1-13(2)30(27,28)23-12-14-3-5-15(6-4-14)24-19-9-10-20(26-25-19)29-16-7-8-17(21)18(22)11-16/h7-11,13-15,23H,3-6,12H2,1-2H3,(H,24,25). The number of halogens is 2. The molecule has 2 N–H and O–H groups in total. The molecule has 2 aromatic rings. The molecule has 0 saturated heterocycles. The highest BCUT2D eigenvalue weighted by atomic mass is 32.2. The lowest BCUT2D eigenvalue weighted by Gasteiger charge is -2.29. The second-order valence-corrected chi connectivity index (χ2v) is 10.1. The average Bonchev–Trinajstić information content (AvgIpc) is 2.72. The summed E-state index contributed by atoms with van der Waals surface area (Å²) in [5, 5.41) is 10.9. The van der Waals surface area contributed by atoms with Gasteiger partial charge in [0.2, 0.25) is 15.9 Å². The number of hydrogen-bond acceptors (Lipinski definition) is 6. The van der Waals surface area contributed by atoms with Crippen molar-refractivity contribution in [1.29, 1.82) is 0 Å². The van der Waals surface area contributed by atoms with Crippen LogP contribution >= 0.6 is 0 Å². The smallest absolute Gasteiger partial charge is 0.238 e. The molecule has 164 valence electrons. The highest BCUT2D eigenvalue weighted by Crippen LogP contribution is 2.27. The monoisotopic (exact) mass is 440 g/mol. The van der Waals surface area contributed by atoms with Crippen molar-refractivity contribution in [2.45, 2.75) is 50.8 Å². The Bertz CT molecular complexity index is 947. The summed E-state index contributed by atoms with van der Waals surface area (Å²) >= 11 is 0.